The third-order valence-corrected chi connectivity index (χ3v) is 2.77. The van der Waals surface area contributed by atoms with E-state index in [4.69, 9.17) is 34.7 Å². The molecule has 1 unspecified atom stereocenters. The van der Waals surface area contributed by atoms with Crippen LogP contribution >= 0.6 is 23.2 Å². The fourth-order valence-electron chi connectivity index (χ4n) is 1.30. The molecule has 8 heteroatoms. The van der Waals surface area contributed by atoms with Gasteiger partial charge in [-0.3, -0.25) is 10.1 Å². The first-order chi connectivity index (χ1) is 8.86. The second-order valence-electron chi connectivity index (χ2n) is 3.48. The number of nitro benzene ring substituents is 1. The summed E-state index contributed by atoms with van der Waals surface area (Å²) in [6.45, 7) is 0. The lowest BCUT2D eigenvalue weighted by Crippen LogP contribution is -2.29. The van der Waals surface area contributed by atoms with Crippen LogP contribution < -0.4 is 5.32 Å². The molecule has 100 valence electrons. The molecule has 0 radical (unpaired) electrons. The number of nitro groups is 1. The number of rotatable bonds is 5. The first-order valence-corrected chi connectivity index (χ1v) is 5.68. The molecule has 0 amide bonds. The van der Waals surface area contributed by atoms with Crippen molar-refractivity contribution in [3.63, 3.8) is 0 Å². The highest BCUT2D eigenvalue weighted by Crippen LogP contribution is 2.35. The maximum Gasteiger partial charge on any atom is 0.327 e. The number of aliphatic carboxylic acids is 1. The summed E-state index contributed by atoms with van der Waals surface area (Å²) in [5.41, 5.74) is -0.194. The molecule has 19 heavy (non-hydrogen) atoms. The van der Waals surface area contributed by atoms with Gasteiger partial charge in [0.1, 0.15) is 6.04 Å². The molecular weight excluding hydrogens is 295 g/mol. The fourth-order valence-corrected chi connectivity index (χ4v) is 1.88. The largest absolute Gasteiger partial charge is 0.480 e. The molecule has 1 aromatic carbocycles. The number of carbonyl (C=O) groups is 1. The van der Waals surface area contributed by atoms with E-state index in [1.165, 1.54) is 0 Å². The van der Waals surface area contributed by atoms with E-state index in [2.05, 4.69) is 11.2 Å². The van der Waals surface area contributed by atoms with Gasteiger partial charge in [0, 0.05) is 18.6 Å². The molecule has 0 fully saturated rings. The lowest BCUT2D eigenvalue weighted by Gasteiger charge is -2.15. The lowest BCUT2D eigenvalue weighted by atomic mass is 10.2. The fraction of sp³-hybridized carbons (Fsp3) is 0.182. The molecule has 0 spiro atoms. The molecule has 0 saturated carbocycles. The van der Waals surface area contributed by atoms with Crippen LogP contribution in [0.5, 0.6) is 0 Å². The molecule has 1 atom stereocenters. The van der Waals surface area contributed by atoms with Crippen molar-refractivity contribution in [2.24, 2.45) is 0 Å². The number of carboxylic acid groups (broad SMARTS) is 1. The zero-order chi connectivity index (χ0) is 14.6. The van der Waals surface area contributed by atoms with Crippen LogP contribution in [0, 0.1) is 22.5 Å². The Morgan fingerprint density at radius 2 is 2.05 bits per heavy atom. The van der Waals surface area contributed by atoms with Crippen molar-refractivity contribution in [2.75, 3.05) is 5.32 Å². The van der Waals surface area contributed by atoms with Crippen LogP contribution in [0.3, 0.4) is 0 Å². The third kappa shape index (κ3) is 3.74. The average molecular weight is 303 g/mol. The molecule has 0 aliphatic rings. The van der Waals surface area contributed by atoms with Gasteiger partial charge in [-0.1, -0.05) is 23.2 Å². The molecule has 1 aromatic rings. The van der Waals surface area contributed by atoms with E-state index < -0.39 is 16.9 Å². The van der Waals surface area contributed by atoms with Crippen LogP contribution in [0.4, 0.5) is 11.4 Å². The standard InChI is InChI=1S/C11H8Cl2N2O4/c1-2-3-9(11(16)17)14-10-7(12)4-6(15(18)19)5-8(10)13/h1,4-5,9,14H,3H2,(H,16,17). The molecule has 0 aromatic heterocycles. The highest BCUT2D eigenvalue weighted by Gasteiger charge is 2.21. The summed E-state index contributed by atoms with van der Waals surface area (Å²) in [6, 6.07) is 1.07. The zero-order valence-corrected chi connectivity index (χ0v) is 10.9. The van der Waals surface area contributed by atoms with Crippen LogP contribution in [0.25, 0.3) is 0 Å². The van der Waals surface area contributed by atoms with E-state index in [0.29, 0.717) is 0 Å². The van der Waals surface area contributed by atoms with Crippen molar-refractivity contribution in [3.8, 4) is 12.3 Å². The summed E-state index contributed by atoms with van der Waals surface area (Å²) < 4.78 is 0. The van der Waals surface area contributed by atoms with Gasteiger partial charge in [-0.05, 0) is 0 Å². The Balaban J connectivity index is 3.11. The SMILES string of the molecule is C#CCC(Nc1c(Cl)cc([N+](=O)[O-])cc1Cl)C(=O)O. The second kappa shape index (κ2) is 6.27. The van der Waals surface area contributed by atoms with Gasteiger partial charge in [0.2, 0.25) is 0 Å². The van der Waals surface area contributed by atoms with Crippen LogP contribution in [0.15, 0.2) is 12.1 Å². The predicted molar refractivity (Wildman–Crippen MR) is 71.6 cm³/mol. The van der Waals surface area contributed by atoms with E-state index in [-0.39, 0.29) is 27.8 Å². The van der Waals surface area contributed by atoms with Crippen LogP contribution in [-0.4, -0.2) is 22.0 Å². The Bertz CT molecular complexity index is 545. The number of carboxylic acids is 1. The van der Waals surface area contributed by atoms with Crippen molar-refractivity contribution in [1.82, 2.24) is 0 Å². The number of hydrogen-bond donors (Lipinski definition) is 2. The van der Waals surface area contributed by atoms with Crippen molar-refractivity contribution in [2.45, 2.75) is 12.5 Å². The summed E-state index contributed by atoms with van der Waals surface area (Å²) in [4.78, 5) is 20.9. The summed E-state index contributed by atoms with van der Waals surface area (Å²) in [6.07, 6.45) is 4.97. The number of terminal acetylenes is 1. The molecule has 0 heterocycles. The molecule has 1 rings (SSSR count). The highest BCUT2D eigenvalue weighted by molar-refractivity contribution is 6.39. The highest BCUT2D eigenvalue weighted by atomic mass is 35.5. The topological polar surface area (TPSA) is 92.5 Å². The first-order valence-electron chi connectivity index (χ1n) is 4.93. The van der Waals surface area contributed by atoms with Crippen LogP contribution in [0.1, 0.15) is 6.42 Å². The molecule has 2 N–H and O–H groups in total. The van der Waals surface area contributed by atoms with Crippen molar-refractivity contribution < 1.29 is 14.8 Å². The van der Waals surface area contributed by atoms with E-state index in [1.807, 2.05) is 0 Å². The van der Waals surface area contributed by atoms with Crippen molar-refractivity contribution in [1.29, 1.82) is 0 Å². The summed E-state index contributed by atoms with van der Waals surface area (Å²) in [5.74, 6) is 1.02. The number of non-ortho nitro benzene ring substituents is 1. The van der Waals surface area contributed by atoms with Crippen LogP contribution in [0.2, 0.25) is 10.0 Å². The Morgan fingerprint density at radius 3 is 2.42 bits per heavy atom. The predicted octanol–water partition coefficient (Wildman–Crippen LogP) is 2.79. The van der Waals surface area contributed by atoms with Gasteiger partial charge in [-0.25, -0.2) is 4.79 Å². The maximum absolute atomic E-state index is 10.9. The summed E-state index contributed by atoms with van der Waals surface area (Å²) >= 11 is 11.7. The van der Waals surface area contributed by atoms with Gasteiger partial charge in [0.05, 0.1) is 20.7 Å². The van der Waals surface area contributed by atoms with Crippen LogP contribution in [-0.2, 0) is 4.79 Å². The van der Waals surface area contributed by atoms with Gasteiger partial charge in [0.25, 0.3) is 5.69 Å². The van der Waals surface area contributed by atoms with Gasteiger partial charge in [-0.15, -0.1) is 12.3 Å². The maximum atomic E-state index is 10.9. The first kappa shape index (κ1) is 15.1. The minimum absolute atomic E-state index is 0.0533. The number of anilines is 1. The monoisotopic (exact) mass is 302 g/mol. The van der Waals surface area contributed by atoms with E-state index in [9.17, 15) is 14.9 Å². The Hall–Kier alpha value is -1.97. The number of hydrogen-bond acceptors (Lipinski definition) is 4. The van der Waals surface area contributed by atoms with Gasteiger partial charge in [-0.2, -0.15) is 0 Å². The zero-order valence-electron chi connectivity index (χ0n) is 9.39. The van der Waals surface area contributed by atoms with E-state index in [1.54, 1.807) is 0 Å². The van der Waals surface area contributed by atoms with Gasteiger partial charge >= 0.3 is 5.97 Å². The molecule has 6 nitrogen and oxygen atoms in total. The average Bonchev–Trinajstić information content (AvgIpc) is 2.31. The summed E-state index contributed by atoms with van der Waals surface area (Å²) in [5, 5.41) is 22.0. The number of halogens is 2. The second-order valence-corrected chi connectivity index (χ2v) is 4.30. The number of nitrogens with zero attached hydrogens (tertiary/aromatic N) is 1. The van der Waals surface area contributed by atoms with E-state index >= 15 is 0 Å². The number of nitrogens with one attached hydrogen (secondary N) is 1. The Morgan fingerprint density at radius 1 is 1.53 bits per heavy atom. The normalized spacial score (nSPS) is 11.4. The third-order valence-electron chi connectivity index (χ3n) is 2.18. The quantitative estimate of drug-likeness (QED) is 0.495. The molecule has 0 saturated heterocycles. The van der Waals surface area contributed by atoms with Crippen molar-refractivity contribution in [3.05, 3.63) is 32.3 Å². The lowest BCUT2D eigenvalue weighted by molar-refractivity contribution is -0.384. The molecule has 0 bridgehead atoms. The molecule has 0 aliphatic carbocycles. The summed E-state index contributed by atoms with van der Waals surface area (Å²) in [7, 11) is 0. The van der Waals surface area contributed by atoms with E-state index in [0.717, 1.165) is 12.1 Å². The minimum atomic E-state index is -1.18. The smallest absolute Gasteiger partial charge is 0.327 e. The Labute approximate surface area is 118 Å². The Kier molecular flexibility index (Phi) is 4.98. The van der Waals surface area contributed by atoms with Crippen molar-refractivity contribution >= 4 is 40.5 Å². The minimum Gasteiger partial charge on any atom is -0.480 e. The molecule has 0 aliphatic heterocycles. The van der Waals surface area contributed by atoms with Gasteiger partial charge < -0.3 is 10.4 Å². The van der Waals surface area contributed by atoms with Gasteiger partial charge in [0.15, 0.2) is 0 Å². The number of benzene rings is 1. The molecular formula is C11H8Cl2N2O4.